The van der Waals surface area contributed by atoms with E-state index in [4.69, 9.17) is 23.2 Å². The third-order valence-corrected chi connectivity index (χ3v) is 9.24. The highest BCUT2D eigenvalue weighted by atomic mass is 35.5. The van der Waals surface area contributed by atoms with Crippen LogP contribution < -0.4 is 4.31 Å². The summed E-state index contributed by atoms with van der Waals surface area (Å²) >= 11 is 12.1. The van der Waals surface area contributed by atoms with Gasteiger partial charge in [-0.2, -0.15) is 13.2 Å². The smallest absolute Gasteiger partial charge is 0.344 e. The number of carbonyl (C=O) groups is 1. The molecule has 0 aromatic heterocycles. The van der Waals surface area contributed by atoms with Gasteiger partial charge in [-0.15, -0.1) is 0 Å². The number of sulfonamides is 1. The van der Waals surface area contributed by atoms with Gasteiger partial charge in [0, 0.05) is 24.7 Å². The highest BCUT2D eigenvalue weighted by Crippen LogP contribution is 2.37. The molecule has 6 nitrogen and oxygen atoms in total. The number of alkyl halides is 3. The van der Waals surface area contributed by atoms with E-state index >= 15 is 0 Å². The van der Waals surface area contributed by atoms with E-state index in [1.165, 1.54) is 42.0 Å². The van der Waals surface area contributed by atoms with E-state index in [1.807, 2.05) is 0 Å². The zero-order valence-electron chi connectivity index (χ0n) is 20.2. The number of hydrogen-bond donors (Lipinski definition) is 0. The van der Waals surface area contributed by atoms with Crippen LogP contribution in [0.2, 0.25) is 10.0 Å². The van der Waals surface area contributed by atoms with Crippen molar-refractivity contribution in [3.8, 4) is 0 Å². The number of benzene rings is 2. The van der Waals surface area contributed by atoms with Crippen LogP contribution in [0.3, 0.4) is 0 Å². The van der Waals surface area contributed by atoms with E-state index in [0.29, 0.717) is 23.0 Å². The third kappa shape index (κ3) is 6.71. The van der Waals surface area contributed by atoms with E-state index in [2.05, 4.69) is 4.90 Å². The van der Waals surface area contributed by atoms with Crippen LogP contribution in [-0.4, -0.2) is 63.4 Å². The van der Waals surface area contributed by atoms with Crippen molar-refractivity contribution in [2.45, 2.75) is 42.8 Å². The molecule has 0 unspecified atom stereocenters. The molecule has 1 saturated heterocycles. The molecule has 1 amide bonds. The molecule has 0 spiro atoms. The van der Waals surface area contributed by atoms with Crippen molar-refractivity contribution in [2.24, 2.45) is 5.92 Å². The Morgan fingerprint density at radius 3 is 2.22 bits per heavy atom. The molecule has 1 heterocycles. The average Bonchev–Trinajstić information content (AvgIpc) is 3.68. The van der Waals surface area contributed by atoms with Gasteiger partial charge in [0.05, 0.1) is 21.2 Å². The minimum Gasteiger partial charge on any atom is -0.344 e. The van der Waals surface area contributed by atoms with Gasteiger partial charge in [-0.3, -0.25) is 9.10 Å². The van der Waals surface area contributed by atoms with Crippen LogP contribution in [0.4, 0.5) is 18.9 Å². The number of rotatable bonds is 8. The zero-order chi connectivity index (χ0) is 27.0. The molecule has 4 rings (SSSR count). The number of likely N-dealkylation sites (N-methyl/N-ethyl adjacent to an activating group) is 1. The summed E-state index contributed by atoms with van der Waals surface area (Å²) in [5.74, 6) is -0.280. The topological polar surface area (TPSA) is 60.9 Å². The summed E-state index contributed by atoms with van der Waals surface area (Å²) in [6.45, 7) is 1.66. The van der Waals surface area contributed by atoms with Crippen LogP contribution in [0.5, 0.6) is 0 Å². The first kappa shape index (κ1) is 28.0. The Balaban J connectivity index is 1.58. The Bertz CT molecular complexity index is 1230. The second-order valence-electron chi connectivity index (χ2n) is 9.61. The van der Waals surface area contributed by atoms with Gasteiger partial charge in [0.2, 0.25) is 5.91 Å². The van der Waals surface area contributed by atoms with Crippen molar-refractivity contribution in [3.63, 3.8) is 0 Å². The van der Waals surface area contributed by atoms with Gasteiger partial charge in [-0.25, -0.2) is 8.42 Å². The molecule has 0 bridgehead atoms. The number of halogens is 5. The van der Waals surface area contributed by atoms with E-state index in [9.17, 15) is 26.4 Å². The van der Waals surface area contributed by atoms with Gasteiger partial charge in [0.15, 0.2) is 0 Å². The van der Waals surface area contributed by atoms with Crippen LogP contribution in [-0.2, 0) is 21.0 Å². The predicted molar refractivity (Wildman–Crippen MR) is 137 cm³/mol. The molecular weight excluding hydrogens is 550 g/mol. The monoisotopic (exact) mass is 577 g/mol. The first-order valence-electron chi connectivity index (χ1n) is 12.0. The minimum absolute atomic E-state index is 0.228. The number of likely N-dealkylation sites (tertiary alicyclic amines) is 1. The van der Waals surface area contributed by atoms with E-state index in [1.54, 1.807) is 7.05 Å². The molecule has 1 aliphatic carbocycles. The molecule has 0 radical (unpaired) electrons. The van der Waals surface area contributed by atoms with Crippen LogP contribution in [0.1, 0.15) is 31.2 Å². The number of anilines is 1. The third-order valence-electron chi connectivity index (χ3n) is 6.89. The fourth-order valence-electron chi connectivity index (χ4n) is 4.59. The lowest BCUT2D eigenvalue weighted by atomic mass is 9.96. The van der Waals surface area contributed by atoms with Gasteiger partial charge in [-0.05, 0) is 87.2 Å². The Kier molecular flexibility index (Phi) is 8.33. The average molecular weight is 578 g/mol. The Hall–Kier alpha value is -2.01. The van der Waals surface area contributed by atoms with Gasteiger partial charge in [0.25, 0.3) is 10.0 Å². The van der Waals surface area contributed by atoms with Crippen molar-refractivity contribution in [3.05, 3.63) is 58.1 Å². The molecule has 2 aromatic carbocycles. The van der Waals surface area contributed by atoms with Crippen molar-refractivity contribution in [1.82, 2.24) is 9.80 Å². The summed E-state index contributed by atoms with van der Waals surface area (Å²) < 4.78 is 68.2. The lowest BCUT2D eigenvalue weighted by Crippen LogP contribution is -2.45. The summed E-state index contributed by atoms with van der Waals surface area (Å²) in [7, 11) is -2.88. The summed E-state index contributed by atoms with van der Waals surface area (Å²) in [6, 6.07) is 8.24. The summed E-state index contributed by atoms with van der Waals surface area (Å²) in [5, 5.41) is 0.0552. The number of piperidine rings is 1. The lowest BCUT2D eigenvalue weighted by Gasteiger charge is -2.34. The van der Waals surface area contributed by atoms with Crippen LogP contribution in [0, 0.1) is 5.92 Å². The SMILES string of the molecule is CN(CC1CCN(C2CC2)CC1)C(=O)CN(c1cc(C(F)(F)F)ccc1Cl)S(=O)(=O)c1ccc(Cl)cc1. The molecular formula is C25H28Cl2F3N3O3S. The van der Waals surface area contributed by atoms with Gasteiger partial charge < -0.3 is 9.80 Å². The second-order valence-corrected chi connectivity index (χ2v) is 12.3. The summed E-state index contributed by atoms with van der Waals surface area (Å²) in [6.07, 6.45) is -0.399. The first-order chi connectivity index (χ1) is 17.4. The lowest BCUT2D eigenvalue weighted by molar-refractivity contribution is -0.137. The summed E-state index contributed by atoms with van der Waals surface area (Å²) in [4.78, 5) is 16.9. The Morgan fingerprint density at radius 2 is 1.65 bits per heavy atom. The zero-order valence-corrected chi connectivity index (χ0v) is 22.5. The molecule has 2 fully saturated rings. The van der Waals surface area contributed by atoms with Gasteiger partial charge >= 0.3 is 6.18 Å². The Morgan fingerprint density at radius 1 is 1.03 bits per heavy atom. The molecule has 1 aliphatic heterocycles. The quantitative estimate of drug-likeness (QED) is 0.413. The molecule has 1 saturated carbocycles. The predicted octanol–water partition coefficient (Wildman–Crippen LogP) is 5.54. The van der Waals surface area contributed by atoms with Gasteiger partial charge in [0.1, 0.15) is 6.54 Å². The van der Waals surface area contributed by atoms with E-state index in [-0.39, 0.29) is 20.9 Å². The van der Waals surface area contributed by atoms with Crippen molar-refractivity contribution < 1.29 is 26.4 Å². The molecule has 0 atom stereocenters. The molecule has 2 aliphatic rings. The Labute approximate surface area is 225 Å². The second kappa shape index (κ2) is 11.0. The fourth-order valence-corrected chi connectivity index (χ4v) is 6.41. The molecule has 202 valence electrons. The molecule has 12 heteroatoms. The maximum atomic E-state index is 13.6. The maximum absolute atomic E-state index is 13.6. The highest BCUT2D eigenvalue weighted by molar-refractivity contribution is 7.92. The van der Waals surface area contributed by atoms with Crippen LogP contribution in [0.25, 0.3) is 0 Å². The van der Waals surface area contributed by atoms with Crippen LogP contribution in [0.15, 0.2) is 47.4 Å². The molecule has 2 aromatic rings. The van der Waals surface area contributed by atoms with Crippen molar-refractivity contribution in [2.75, 3.05) is 37.5 Å². The standard InChI is InChI=1S/C25H28Cl2F3N3O3S/c1-31(15-17-10-12-32(13-11-17)20-5-6-20)24(34)16-33(37(35,36)21-7-3-19(26)4-8-21)23-14-18(25(28,29)30)2-9-22(23)27/h2-4,7-9,14,17,20H,5-6,10-13,15-16H2,1H3. The number of hydrogen-bond acceptors (Lipinski definition) is 4. The minimum atomic E-state index is -4.73. The number of nitrogens with zero attached hydrogens (tertiary/aromatic N) is 3. The largest absolute Gasteiger partial charge is 0.416 e. The van der Waals surface area contributed by atoms with Gasteiger partial charge in [-0.1, -0.05) is 23.2 Å². The maximum Gasteiger partial charge on any atom is 0.416 e. The van der Waals surface area contributed by atoms with Crippen LogP contribution >= 0.6 is 23.2 Å². The van der Waals surface area contributed by atoms with Crippen molar-refractivity contribution in [1.29, 1.82) is 0 Å². The normalized spacial score (nSPS) is 17.6. The number of carbonyl (C=O) groups excluding carboxylic acids is 1. The fraction of sp³-hybridized carbons (Fsp3) is 0.480. The first-order valence-corrected chi connectivity index (χ1v) is 14.2. The summed E-state index contributed by atoms with van der Waals surface area (Å²) in [5.41, 5.74) is -1.50. The van der Waals surface area contributed by atoms with E-state index in [0.717, 1.165) is 38.1 Å². The van der Waals surface area contributed by atoms with Crippen molar-refractivity contribution >= 4 is 44.8 Å². The molecule has 0 N–H and O–H groups in total. The van der Waals surface area contributed by atoms with E-state index < -0.39 is 39.9 Å². The highest BCUT2D eigenvalue weighted by Gasteiger charge is 2.36. The number of amides is 1. The molecule has 37 heavy (non-hydrogen) atoms.